The molecule has 3 aliphatic rings. The molecule has 0 radical (unpaired) electrons. The fourth-order valence-corrected chi connectivity index (χ4v) is 3.40. The summed E-state index contributed by atoms with van der Waals surface area (Å²) in [4.78, 5) is 26.5. The standard InChI is InChI=1S/C17H20N2O5/c1-17(11-4-5-13-14(9-11)24-8-7-23-13)15(20)19(16(21)18-17)10-12-3-2-6-22-12/h4-5,9,12H,2-3,6-8,10H2,1H3,(H,18,21)/t12-,17+/m1/s1. The normalized spacial score (nSPS) is 29.0. The summed E-state index contributed by atoms with van der Waals surface area (Å²) in [6.07, 6.45) is 1.77. The first-order chi connectivity index (χ1) is 11.6. The van der Waals surface area contributed by atoms with Gasteiger partial charge in [0.25, 0.3) is 5.91 Å². The van der Waals surface area contributed by atoms with E-state index in [9.17, 15) is 9.59 Å². The highest BCUT2D eigenvalue weighted by molar-refractivity contribution is 6.07. The number of benzene rings is 1. The molecule has 1 N–H and O–H groups in total. The van der Waals surface area contributed by atoms with E-state index in [1.54, 1.807) is 25.1 Å². The first kappa shape index (κ1) is 15.3. The number of carbonyl (C=O) groups excluding carboxylic acids is 2. The maximum Gasteiger partial charge on any atom is 0.325 e. The number of imide groups is 1. The van der Waals surface area contributed by atoms with Gasteiger partial charge in [0.05, 0.1) is 12.6 Å². The van der Waals surface area contributed by atoms with E-state index >= 15 is 0 Å². The summed E-state index contributed by atoms with van der Waals surface area (Å²) in [6, 6.07) is 4.95. The Morgan fingerprint density at radius 3 is 2.75 bits per heavy atom. The van der Waals surface area contributed by atoms with Crippen molar-refractivity contribution in [2.45, 2.75) is 31.4 Å². The topological polar surface area (TPSA) is 77.1 Å². The monoisotopic (exact) mass is 332 g/mol. The van der Waals surface area contributed by atoms with Gasteiger partial charge in [0.2, 0.25) is 0 Å². The molecular weight excluding hydrogens is 312 g/mol. The van der Waals surface area contributed by atoms with E-state index in [1.807, 2.05) is 0 Å². The molecule has 2 fully saturated rings. The largest absolute Gasteiger partial charge is 0.486 e. The third-order valence-corrected chi connectivity index (χ3v) is 4.80. The quantitative estimate of drug-likeness (QED) is 0.847. The maximum absolute atomic E-state index is 12.9. The molecular formula is C17H20N2O5. The van der Waals surface area contributed by atoms with Gasteiger partial charge in [-0.15, -0.1) is 0 Å². The summed E-state index contributed by atoms with van der Waals surface area (Å²) >= 11 is 0. The van der Waals surface area contributed by atoms with E-state index in [2.05, 4.69) is 5.32 Å². The van der Waals surface area contributed by atoms with Gasteiger partial charge < -0.3 is 19.5 Å². The van der Waals surface area contributed by atoms with Crippen molar-refractivity contribution in [2.75, 3.05) is 26.4 Å². The van der Waals surface area contributed by atoms with Crippen molar-refractivity contribution >= 4 is 11.9 Å². The minimum Gasteiger partial charge on any atom is -0.486 e. The fraction of sp³-hybridized carbons (Fsp3) is 0.529. The first-order valence-electron chi connectivity index (χ1n) is 8.24. The lowest BCUT2D eigenvalue weighted by Crippen LogP contribution is -2.42. The van der Waals surface area contributed by atoms with E-state index in [0.717, 1.165) is 12.8 Å². The van der Waals surface area contributed by atoms with Crippen molar-refractivity contribution in [3.63, 3.8) is 0 Å². The predicted octanol–water partition coefficient (Wildman–Crippen LogP) is 1.40. The van der Waals surface area contributed by atoms with E-state index in [4.69, 9.17) is 14.2 Å². The molecule has 0 aromatic heterocycles. The summed E-state index contributed by atoms with van der Waals surface area (Å²) in [5.74, 6) is 0.987. The maximum atomic E-state index is 12.9. The Labute approximate surface area is 139 Å². The number of carbonyl (C=O) groups is 2. The van der Waals surface area contributed by atoms with Gasteiger partial charge in [-0.3, -0.25) is 9.69 Å². The average Bonchev–Trinajstić information content (AvgIpc) is 3.18. The summed E-state index contributed by atoms with van der Waals surface area (Å²) in [5, 5.41) is 2.81. The number of amides is 3. The van der Waals surface area contributed by atoms with Gasteiger partial charge in [0, 0.05) is 6.61 Å². The summed E-state index contributed by atoms with van der Waals surface area (Å²) in [7, 11) is 0. The van der Waals surface area contributed by atoms with Crippen molar-refractivity contribution in [3.8, 4) is 11.5 Å². The SMILES string of the molecule is C[C@@]1(c2ccc3c(c2)OCCO3)NC(=O)N(C[C@H]2CCCO2)C1=O. The molecule has 24 heavy (non-hydrogen) atoms. The average molecular weight is 332 g/mol. The van der Waals surface area contributed by atoms with E-state index < -0.39 is 5.54 Å². The van der Waals surface area contributed by atoms with E-state index in [0.29, 0.717) is 43.4 Å². The van der Waals surface area contributed by atoms with Gasteiger partial charge in [0.1, 0.15) is 18.8 Å². The van der Waals surface area contributed by atoms with E-state index in [1.165, 1.54) is 4.90 Å². The van der Waals surface area contributed by atoms with Crippen LogP contribution in [-0.4, -0.2) is 49.3 Å². The molecule has 7 nitrogen and oxygen atoms in total. The van der Waals surface area contributed by atoms with Crippen molar-refractivity contribution in [2.24, 2.45) is 0 Å². The van der Waals surface area contributed by atoms with Crippen LogP contribution in [0.3, 0.4) is 0 Å². The molecule has 1 aromatic rings. The summed E-state index contributed by atoms with van der Waals surface area (Å²) < 4.78 is 16.6. The molecule has 3 aliphatic heterocycles. The van der Waals surface area contributed by atoms with Crippen molar-refractivity contribution < 1.29 is 23.8 Å². The molecule has 1 aromatic carbocycles. The molecule has 3 heterocycles. The molecule has 0 saturated carbocycles. The van der Waals surface area contributed by atoms with Gasteiger partial charge >= 0.3 is 6.03 Å². The molecule has 0 spiro atoms. The van der Waals surface area contributed by atoms with Crippen LogP contribution in [0, 0.1) is 0 Å². The summed E-state index contributed by atoms with van der Waals surface area (Å²) in [5.41, 5.74) is -0.425. The zero-order valence-corrected chi connectivity index (χ0v) is 13.5. The number of urea groups is 1. The smallest absolute Gasteiger partial charge is 0.325 e. The van der Waals surface area contributed by atoms with Gasteiger partial charge in [0.15, 0.2) is 11.5 Å². The highest BCUT2D eigenvalue weighted by Gasteiger charge is 2.50. The van der Waals surface area contributed by atoms with Gasteiger partial charge in [-0.2, -0.15) is 0 Å². The molecule has 0 bridgehead atoms. The van der Waals surface area contributed by atoms with E-state index in [-0.39, 0.29) is 18.0 Å². The number of nitrogens with one attached hydrogen (secondary N) is 1. The number of rotatable bonds is 3. The van der Waals surface area contributed by atoms with Crippen LogP contribution in [0.2, 0.25) is 0 Å². The first-order valence-corrected chi connectivity index (χ1v) is 8.24. The van der Waals surface area contributed by atoms with Crippen molar-refractivity contribution in [1.82, 2.24) is 10.2 Å². The highest BCUT2D eigenvalue weighted by atomic mass is 16.6. The summed E-state index contributed by atoms with van der Waals surface area (Å²) in [6.45, 7) is 3.68. The van der Waals surface area contributed by atoms with Crippen LogP contribution < -0.4 is 14.8 Å². The van der Waals surface area contributed by atoms with Crippen LogP contribution in [0.5, 0.6) is 11.5 Å². The Balaban J connectivity index is 1.60. The molecule has 2 atom stereocenters. The second kappa shape index (κ2) is 5.66. The number of hydrogen-bond acceptors (Lipinski definition) is 5. The van der Waals surface area contributed by atoms with Crippen LogP contribution in [0.25, 0.3) is 0 Å². The van der Waals surface area contributed by atoms with Crippen LogP contribution in [-0.2, 0) is 15.1 Å². The number of nitrogens with zero attached hydrogens (tertiary/aromatic N) is 1. The molecule has 7 heteroatoms. The fourth-order valence-electron chi connectivity index (χ4n) is 3.40. The van der Waals surface area contributed by atoms with Gasteiger partial charge in [-0.25, -0.2) is 4.79 Å². The van der Waals surface area contributed by atoms with Crippen LogP contribution >= 0.6 is 0 Å². The van der Waals surface area contributed by atoms with Crippen molar-refractivity contribution in [1.29, 1.82) is 0 Å². The minimum absolute atomic E-state index is 0.0673. The zero-order chi connectivity index (χ0) is 16.7. The van der Waals surface area contributed by atoms with Gasteiger partial charge in [-0.1, -0.05) is 6.07 Å². The van der Waals surface area contributed by atoms with Crippen LogP contribution in [0.4, 0.5) is 4.79 Å². The van der Waals surface area contributed by atoms with Gasteiger partial charge in [-0.05, 0) is 37.5 Å². The molecule has 128 valence electrons. The molecule has 3 amide bonds. The molecule has 4 rings (SSSR count). The number of ether oxygens (including phenoxy) is 3. The second-order valence-corrected chi connectivity index (χ2v) is 6.46. The Bertz CT molecular complexity index is 686. The number of hydrogen-bond donors (Lipinski definition) is 1. The second-order valence-electron chi connectivity index (χ2n) is 6.46. The molecule has 0 aliphatic carbocycles. The minimum atomic E-state index is -1.11. The van der Waals surface area contributed by atoms with Crippen LogP contribution in [0.1, 0.15) is 25.3 Å². The zero-order valence-electron chi connectivity index (χ0n) is 13.5. The third kappa shape index (κ3) is 2.39. The number of fused-ring (bicyclic) bond motifs is 1. The third-order valence-electron chi connectivity index (χ3n) is 4.80. The lowest BCUT2D eigenvalue weighted by molar-refractivity contribution is -0.132. The Hall–Kier alpha value is -2.28. The lowest BCUT2D eigenvalue weighted by atomic mass is 9.91. The highest BCUT2D eigenvalue weighted by Crippen LogP contribution is 2.37. The Morgan fingerprint density at radius 2 is 2.00 bits per heavy atom. The lowest BCUT2D eigenvalue weighted by Gasteiger charge is -2.25. The molecule has 0 unspecified atom stereocenters. The Kier molecular flexibility index (Phi) is 3.60. The predicted molar refractivity (Wildman–Crippen MR) is 84.0 cm³/mol. The van der Waals surface area contributed by atoms with Crippen molar-refractivity contribution in [3.05, 3.63) is 23.8 Å². The van der Waals surface area contributed by atoms with Crippen LogP contribution in [0.15, 0.2) is 18.2 Å². The Morgan fingerprint density at radius 1 is 1.21 bits per heavy atom. The molecule has 2 saturated heterocycles.